The van der Waals surface area contributed by atoms with Gasteiger partial charge in [-0.05, 0) is 60.8 Å². The molecule has 0 fully saturated rings. The molecule has 0 amide bonds. The number of fused-ring (bicyclic) bond motifs is 2. The van der Waals surface area contributed by atoms with Crippen LogP contribution >= 0.6 is 0 Å². The number of benzene rings is 2. The summed E-state index contributed by atoms with van der Waals surface area (Å²) in [7, 11) is 0. The number of hydrogen-bond acceptors (Lipinski definition) is 2. The van der Waals surface area contributed by atoms with Crippen molar-refractivity contribution in [2.45, 2.75) is 78.1 Å². The Kier molecular flexibility index (Phi) is 8.35. The molecule has 2 aliphatic rings. The normalized spacial score (nSPS) is 17.3. The van der Waals surface area contributed by atoms with E-state index in [1.807, 2.05) is 26.0 Å². The predicted molar refractivity (Wildman–Crippen MR) is 156 cm³/mol. The second-order valence-electron chi connectivity index (χ2n) is 12.5. The van der Waals surface area contributed by atoms with Crippen molar-refractivity contribution >= 4 is 12.2 Å². The molecule has 198 valence electrons. The number of rotatable bonds is 2. The summed E-state index contributed by atoms with van der Waals surface area (Å²) in [6.45, 7) is 17.5. The van der Waals surface area contributed by atoms with Gasteiger partial charge in [0.25, 0.3) is 0 Å². The second-order valence-corrected chi connectivity index (χ2v) is 12.5. The van der Waals surface area contributed by atoms with Crippen LogP contribution in [0.2, 0.25) is 0 Å². The summed E-state index contributed by atoms with van der Waals surface area (Å²) >= 11 is 0. The zero-order valence-electron chi connectivity index (χ0n) is 24.4. The van der Waals surface area contributed by atoms with E-state index >= 15 is 0 Å². The summed E-state index contributed by atoms with van der Waals surface area (Å²) in [6, 6.07) is 21.2. The molecule has 0 spiro atoms. The molecule has 0 aliphatic heterocycles. The monoisotopic (exact) mass is 592 g/mol. The van der Waals surface area contributed by atoms with Gasteiger partial charge in [-0.1, -0.05) is 77.9 Å². The van der Waals surface area contributed by atoms with Gasteiger partial charge in [0.05, 0.1) is 11.5 Å². The first kappa shape index (κ1) is 29.3. The van der Waals surface area contributed by atoms with Gasteiger partial charge in [0.1, 0.15) is 11.5 Å². The van der Waals surface area contributed by atoms with Gasteiger partial charge in [0.2, 0.25) is 0 Å². The van der Waals surface area contributed by atoms with E-state index in [-0.39, 0.29) is 48.9 Å². The SMILES string of the molecule is Cc1ccc(C2[C-]=Cc3c2cccc3C(C)(C)C)o1.Cc1ccc(C2[C-]=Cc3c2cccc3C(C)(C)C)o1.[Zr+2]. The van der Waals surface area contributed by atoms with Crippen molar-refractivity contribution in [2.24, 2.45) is 0 Å². The molecular formula is C36H38O2Zr. The van der Waals surface area contributed by atoms with Crippen LogP contribution in [-0.4, -0.2) is 0 Å². The summed E-state index contributed by atoms with van der Waals surface area (Å²) in [5.41, 5.74) is 8.30. The van der Waals surface area contributed by atoms with Crippen LogP contribution in [-0.2, 0) is 37.0 Å². The van der Waals surface area contributed by atoms with Crippen LogP contribution in [0.4, 0.5) is 0 Å². The summed E-state index contributed by atoms with van der Waals surface area (Å²) < 4.78 is 11.5. The first-order chi connectivity index (χ1) is 17.9. The van der Waals surface area contributed by atoms with Crippen molar-refractivity contribution in [1.82, 2.24) is 0 Å². The van der Waals surface area contributed by atoms with E-state index in [1.54, 1.807) is 0 Å². The predicted octanol–water partition coefficient (Wildman–Crippen LogP) is 9.69. The van der Waals surface area contributed by atoms with E-state index in [0.717, 1.165) is 23.0 Å². The smallest absolute Gasteiger partial charge is 0.467 e. The molecule has 39 heavy (non-hydrogen) atoms. The summed E-state index contributed by atoms with van der Waals surface area (Å²) in [6.07, 6.45) is 11.1. The molecule has 2 aromatic carbocycles. The van der Waals surface area contributed by atoms with E-state index in [0.29, 0.717) is 0 Å². The molecule has 0 saturated carbocycles. The molecule has 0 N–H and O–H groups in total. The molecule has 3 heteroatoms. The minimum atomic E-state index is 0. The van der Waals surface area contributed by atoms with Gasteiger partial charge < -0.3 is 8.83 Å². The van der Waals surface area contributed by atoms with Crippen molar-refractivity contribution in [3.63, 3.8) is 0 Å². The third kappa shape index (κ3) is 5.95. The Bertz CT molecular complexity index is 1400. The molecule has 0 saturated heterocycles. The van der Waals surface area contributed by atoms with Crippen molar-refractivity contribution in [3.8, 4) is 0 Å². The Labute approximate surface area is 253 Å². The zero-order valence-corrected chi connectivity index (χ0v) is 26.9. The van der Waals surface area contributed by atoms with Crippen LogP contribution in [0.5, 0.6) is 0 Å². The number of aryl methyl sites for hydroxylation is 2. The van der Waals surface area contributed by atoms with Gasteiger partial charge in [-0.2, -0.15) is 11.1 Å². The molecule has 2 unspecified atom stereocenters. The summed E-state index contributed by atoms with van der Waals surface area (Å²) in [5, 5.41) is 0. The standard InChI is InChI=1S/2C18H19O.Zr/c2*1-12-8-11-17(19-12)15-10-9-14-13(15)6-5-7-16(14)18(2,3)4;/h2*5-9,11,15H,1-4H3;/q2*-1;+2. The van der Waals surface area contributed by atoms with Gasteiger partial charge in [0, 0.05) is 0 Å². The van der Waals surface area contributed by atoms with Crippen molar-refractivity contribution in [1.29, 1.82) is 0 Å². The average molecular weight is 594 g/mol. The maximum atomic E-state index is 5.77. The molecule has 2 atom stereocenters. The van der Waals surface area contributed by atoms with Crippen molar-refractivity contribution in [3.05, 3.63) is 129 Å². The fraction of sp³-hybridized carbons (Fsp3) is 0.333. The zero-order chi connectivity index (χ0) is 27.2. The van der Waals surface area contributed by atoms with Gasteiger partial charge >= 0.3 is 26.2 Å². The topological polar surface area (TPSA) is 26.3 Å². The number of allylic oxidation sites excluding steroid dienone is 2. The van der Waals surface area contributed by atoms with E-state index in [9.17, 15) is 0 Å². The Morgan fingerprint density at radius 3 is 1.26 bits per heavy atom. The van der Waals surface area contributed by atoms with Gasteiger partial charge in [-0.15, -0.1) is 22.3 Å². The van der Waals surface area contributed by atoms with E-state index in [2.05, 4.69) is 114 Å². The minimum Gasteiger partial charge on any atom is -0.467 e. The third-order valence-electron chi connectivity index (χ3n) is 7.40. The minimum absolute atomic E-state index is 0. The van der Waals surface area contributed by atoms with Crippen LogP contribution in [0.15, 0.2) is 69.5 Å². The van der Waals surface area contributed by atoms with Gasteiger partial charge in [-0.3, -0.25) is 12.2 Å². The first-order valence-corrected chi connectivity index (χ1v) is 13.5. The van der Waals surface area contributed by atoms with Crippen LogP contribution in [0.25, 0.3) is 12.2 Å². The molecule has 2 heterocycles. The Morgan fingerprint density at radius 1 is 0.564 bits per heavy atom. The Hall–Kier alpha value is -2.64. The maximum absolute atomic E-state index is 5.77. The summed E-state index contributed by atoms with van der Waals surface area (Å²) in [4.78, 5) is 0. The molecule has 2 aromatic heterocycles. The second kappa shape index (κ2) is 11.1. The maximum Gasteiger partial charge on any atom is 2.00 e. The van der Waals surface area contributed by atoms with E-state index in [4.69, 9.17) is 8.83 Å². The van der Waals surface area contributed by atoms with Crippen molar-refractivity contribution in [2.75, 3.05) is 0 Å². The van der Waals surface area contributed by atoms with Gasteiger partial charge in [-0.25, -0.2) is 12.2 Å². The molecule has 0 radical (unpaired) electrons. The Balaban J connectivity index is 0.000000176. The number of hydrogen-bond donors (Lipinski definition) is 0. The molecule has 2 aliphatic carbocycles. The number of furan rings is 2. The molecule has 0 bridgehead atoms. The van der Waals surface area contributed by atoms with Crippen LogP contribution < -0.4 is 0 Å². The van der Waals surface area contributed by atoms with Crippen LogP contribution in [0, 0.1) is 26.0 Å². The van der Waals surface area contributed by atoms with Gasteiger partial charge in [0.15, 0.2) is 0 Å². The molecule has 2 nitrogen and oxygen atoms in total. The van der Waals surface area contributed by atoms with Crippen LogP contribution in [0.3, 0.4) is 0 Å². The fourth-order valence-electron chi connectivity index (χ4n) is 5.50. The van der Waals surface area contributed by atoms with Crippen molar-refractivity contribution < 1.29 is 35.0 Å². The molecule has 4 aromatic rings. The summed E-state index contributed by atoms with van der Waals surface area (Å²) in [5.74, 6) is 4.17. The molecule has 6 rings (SSSR count). The average Bonchev–Trinajstić information content (AvgIpc) is 3.63. The quantitative estimate of drug-likeness (QED) is 0.216. The van der Waals surface area contributed by atoms with Crippen LogP contribution in [0.1, 0.15) is 110 Å². The first-order valence-electron chi connectivity index (χ1n) is 13.5. The third-order valence-corrected chi connectivity index (χ3v) is 7.40. The van der Waals surface area contributed by atoms with E-state index in [1.165, 1.54) is 33.4 Å². The fourth-order valence-corrected chi connectivity index (χ4v) is 5.50. The van der Waals surface area contributed by atoms with E-state index < -0.39 is 0 Å². The largest absolute Gasteiger partial charge is 2.00 e. The molecular weight excluding hydrogens is 556 g/mol. The Morgan fingerprint density at radius 2 is 0.949 bits per heavy atom.